The number of halogens is 1. The molecule has 2 heterocycles. The highest BCUT2D eigenvalue weighted by molar-refractivity contribution is 6.31. The van der Waals surface area contributed by atoms with Crippen LogP contribution < -0.4 is 4.90 Å². The van der Waals surface area contributed by atoms with Crippen LogP contribution in [0.3, 0.4) is 0 Å². The van der Waals surface area contributed by atoms with Crippen molar-refractivity contribution in [1.29, 1.82) is 0 Å². The topological polar surface area (TPSA) is 28.5 Å². The Balaban J connectivity index is 2.05. The van der Waals surface area contributed by atoms with Gasteiger partial charge in [-0.05, 0) is 30.3 Å². The first kappa shape index (κ1) is 14.0. The third kappa shape index (κ3) is 2.39. The van der Waals surface area contributed by atoms with Gasteiger partial charge in [-0.25, -0.2) is 9.98 Å². The van der Waals surface area contributed by atoms with E-state index in [-0.39, 0.29) is 0 Å². The molecule has 0 radical (unpaired) electrons. The van der Waals surface area contributed by atoms with Crippen LogP contribution in [-0.4, -0.2) is 17.7 Å². The zero-order valence-corrected chi connectivity index (χ0v) is 13.3. The Hall–Kier alpha value is -2.65. The quantitative estimate of drug-likeness (QED) is 0.632. The highest BCUT2D eigenvalue weighted by atomic mass is 35.5. The Morgan fingerprint density at radius 2 is 1.78 bits per heavy atom. The van der Waals surface area contributed by atoms with Gasteiger partial charge < -0.3 is 4.90 Å². The summed E-state index contributed by atoms with van der Waals surface area (Å²) < 4.78 is 0. The van der Waals surface area contributed by atoms with E-state index in [1.165, 1.54) is 0 Å². The fraction of sp³-hybridized carbons (Fsp3) is 0.0526. The number of rotatable bonds is 1. The second-order valence-corrected chi connectivity index (χ2v) is 5.83. The molecule has 112 valence electrons. The minimum absolute atomic E-state index is 0.694. The van der Waals surface area contributed by atoms with Crippen LogP contribution in [0.15, 0.2) is 71.9 Å². The van der Waals surface area contributed by atoms with Gasteiger partial charge in [0.1, 0.15) is 5.69 Å². The van der Waals surface area contributed by atoms with Gasteiger partial charge in [-0.1, -0.05) is 41.9 Å². The van der Waals surface area contributed by atoms with Gasteiger partial charge in [-0.2, -0.15) is 0 Å². The first-order valence-corrected chi connectivity index (χ1v) is 7.74. The molecule has 1 aliphatic heterocycles. The van der Waals surface area contributed by atoms with Crippen molar-refractivity contribution in [2.45, 2.75) is 0 Å². The van der Waals surface area contributed by atoms with Crippen LogP contribution in [0.2, 0.25) is 5.02 Å². The zero-order valence-electron chi connectivity index (χ0n) is 12.6. The number of fused-ring (bicyclic) bond motifs is 2. The average molecular weight is 320 g/mol. The van der Waals surface area contributed by atoms with Gasteiger partial charge >= 0.3 is 0 Å². The lowest BCUT2D eigenvalue weighted by atomic mass is 10.0. The summed E-state index contributed by atoms with van der Waals surface area (Å²) >= 11 is 6.25. The molecular weight excluding hydrogens is 306 g/mol. The molecule has 0 amide bonds. The molecule has 23 heavy (non-hydrogen) atoms. The number of hydrogen-bond donors (Lipinski definition) is 0. The number of anilines is 2. The maximum Gasteiger partial charge on any atom is 0.158 e. The van der Waals surface area contributed by atoms with Crippen molar-refractivity contribution in [1.82, 2.24) is 4.98 Å². The molecule has 4 rings (SSSR count). The SMILES string of the molecule is CN1c2ccc(Cl)cc2C(c2ccccc2)=Nc2cccnc21. The lowest BCUT2D eigenvalue weighted by molar-refractivity contribution is 1.13. The molecule has 1 aromatic heterocycles. The molecule has 3 nitrogen and oxygen atoms in total. The molecule has 3 aromatic rings. The predicted molar refractivity (Wildman–Crippen MR) is 95.5 cm³/mol. The van der Waals surface area contributed by atoms with E-state index in [0.717, 1.165) is 34.0 Å². The van der Waals surface area contributed by atoms with Crippen LogP contribution in [0.1, 0.15) is 11.1 Å². The smallest absolute Gasteiger partial charge is 0.158 e. The normalized spacial score (nSPS) is 13.0. The summed E-state index contributed by atoms with van der Waals surface area (Å²) in [6.45, 7) is 0. The van der Waals surface area contributed by atoms with E-state index in [4.69, 9.17) is 16.6 Å². The zero-order chi connectivity index (χ0) is 15.8. The summed E-state index contributed by atoms with van der Waals surface area (Å²) in [5.74, 6) is 0.835. The molecule has 0 fully saturated rings. The van der Waals surface area contributed by atoms with Crippen molar-refractivity contribution >= 4 is 34.5 Å². The number of nitrogens with zero attached hydrogens (tertiary/aromatic N) is 3. The minimum atomic E-state index is 0.694. The van der Waals surface area contributed by atoms with Crippen LogP contribution in [-0.2, 0) is 0 Å². The molecule has 0 atom stereocenters. The number of aromatic nitrogens is 1. The number of aliphatic imine (C=N–C) groups is 1. The lowest BCUT2D eigenvalue weighted by Gasteiger charge is -2.20. The van der Waals surface area contributed by atoms with E-state index in [1.54, 1.807) is 6.20 Å². The van der Waals surface area contributed by atoms with Crippen molar-refractivity contribution in [3.63, 3.8) is 0 Å². The Kier molecular flexibility index (Phi) is 3.36. The maximum atomic E-state index is 6.25. The molecule has 0 saturated heterocycles. The Morgan fingerprint density at radius 3 is 2.61 bits per heavy atom. The largest absolute Gasteiger partial charge is 0.327 e. The molecule has 4 heteroatoms. The van der Waals surface area contributed by atoms with E-state index >= 15 is 0 Å². The van der Waals surface area contributed by atoms with Gasteiger partial charge in [-0.3, -0.25) is 0 Å². The highest BCUT2D eigenvalue weighted by Gasteiger charge is 2.22. The summed E-state index contributed by atoms with van der Waals surface area (Å²) in [7, 11) is 2.00. The maximum absolute atomic E-state index is 6.25. The first-order chi connectivity index (χ1) is 11.2. The van der Waals surface area contributed by atoms with Gasteiger partial charge in [0.05, 0.1) is 11.4 Å². The molecule has 0 spiro atoms. The summed E-state index contributed by atoms with van der Waals surface area (Å²) in [5, 5.41) is 0.694. The Bertz CT molecular complexity index is 903. The number of hydrogen-bond acceptors (Lipinski definition) is 3. The standard InChI is InChI=1S/C19H14ClN3/c1-23-17-10-9-14(20)12-15(17)18(13-6-3-2-4-7-13)22-16-8-5-11-21-19(16)23/h2-12H,1H3. The molecule has 0 bridgehead atoms. The third-order valence-electron chi connectivity index (χ3n) is 3.94. The molecule has 0 unspecified atom stereocenters. The van der Waals surface area contributed by atoms with Crippen molar-refractivity contribution < 1.29 is 0 Å². The third-order valence-corrected chi connectivity index (χ3v) is 4.17. The molecular formula is C19H14ClN3. The van der Waals surface area contributed by atoms with E-state index in [0.29, 0.717) is 5.02 Å². The Labute approximate surface area is 139 Å². The summed E-state index contributed by atoms with van der Waals surface area (Å²) in [6, 6.07) is 19.9. The second-order valence-electron chi connectivity index (χ2n) is 5.39. The molecule has 2 aromatic carbocycles. The van der Waals surface area contributed by atoms with Crippen LogP contribution in [0.25, 0.3) is 0 Å². The van der Waals surface area contributed by atoms with E-state index in [9.17, 15) is 0 Å². The summed E-state index contributed by atoms with van der Waals surface area (Å²) in [4.78, 5) is 11.4. The molecule has 0 aliphatic carbocycles. The molecule has 0 saturated carbocycles. The summed E-state index contributed by atoms with van der Waals surface area (Å²) in [5.41, 5.74) is 4.85. The van der Waals surface area contributed by atoms with Gasteiger partial charge in [0.25, 0.3) is 0 Å². The monoisotopic (exact) mass is 319 g/mol. The van der Waals surface area contributed by atoms with Crippen LogP contribution in [0.4, 0.5) is 17.2 Å². The Morgan fingerprint density at radius 1 is 0.957 bits per heavy atom. The van der Waals surface area contributed by atoms with E-state index < -0.39 is 0 Å². The molecule has 0 N–H and O–H groups in total. The fourth-order valence-corrected chi connectivity index (χ4v) is 3.01. The van der Waals surface area contributed by atoms with Gasteiger partial charge in [0, 0.05) is 29.4 Å². The van der Waals surface area contributed by atoms with Crippen molar-refractivity contribution in [2.75, 3.05) is 11.9 Å². The fourth-order valence-electron chi connectivity index (χ4n) is 2.84. The van der Waals surface area contributed by atoms with Crippen LogP contribution in [0, 0.1) is 0 Å². The van der Waals surface area contributed by atoms with Crippen molar-refractivity contribution in [2.24, 2.45) is 4.99 Å². The lowest BCUT2D eigenvalue weighted by Crippen LogP contribution is -2.13. The van der Waals surface area contributed by atoms with Crippen LogP contribution >= 0.6 is 11.6 Å². The minimum Gasteiger partial charge on any atom is -0.327 e. The van der Waals surface area contributed by atoms with Gasteiger partial charge in [-0.15, -0.1) is 0 Å². The van der Waals surface area contributed by atoms with E-state index in [1.807, 2.05) is 55.6 Å². The van der Waals surface area contributed by atoms with Gasteiger partial charge in [0.15, 0.2) is 5.82 Å². The summed E-state index contributed by atoms with van der Waals surface area (Å²) in [6.07, 6.45) is 1.79. The van der Waals surface area contributed by atoms with Crippen molar-refractivity contribution in [3.8, 4) is 0 Å². The highest BCUT2D eigenvalue weighted by Crippen LogP contribution is 2.38. The average Bonchev–Trinajstić information content (AvgIpc) is 2.71. The van der Waals surface area contributed by atoms with E-state index in [2.05, 4.69) is 22.0 Å². The van der Waals surface area contributed by atoms with Crippen molar-refractivity contribution in [3.05, 3.63) is 83.0 Å². The number of benzene rings is 2. The second kappa shape index (κ2) is 5.52. The predicted octanol–water partition coefficient (Wildman–Crippen LogP) is 4.99. The van der Waals surface area contributed by atoms with Gasteiger partial charge in [0.2, 0.25) is 0 Å². The van der Waals surface area contributed by atoms with Crippen LogP contribution in [0.5, 0.6) is 0 Å². The first-order valence-electron chi connectivity index (χ1n) is 7.37. The molecule has 1 aliphatic rings. The number of pyridine rings is 1.